The first-order valence-electron chi connectivity index (χ1n) is 6.66. The van der Waals surface area contributed by atoms with Gasteiger partial charge in [0.2, 0.25) is 0 Å². The smallest absolute Gasteiger partial charge is 0.134 e. The average molecular weight is 290 g/mol. The minimum absolute atomic E-state index is 0.0834. The van der Waals surface area contributed by atoms with Gasteiger partial charge < -0.3 is 14.2 Å². The monoisotopic (exact) mass is 289 g/mol. The van der Waals surface area contributed by atoms with Gasteiger partial charge in [-0.05, 0) is 49.9 Å². The van der Waals surface area contributed by atoms with E-state index < -0.39 is 0 Å². The summed E-state index contributed by atoms with van der Waals surface area (Å²) in [6.07, 6.45) is 0. The molecule has 0 saturated heterocycles. The molecule has 1 aromatic carbocycles. The molecule has 0 aliphatic rings. The Morgan fingerprint density at radius 1 is 1.10 bits per heavy atom. The summed E-state index contributed by atoms with van der Waals surface area (Å²) in [6.45, 7) is 4.81. The molecule has 4 heteroatoms. The van der Waals surface area contributed by atoms with E-state index in [9.17, 15) is 0 Å². The minimum Gasteiger partial charge on any atom is -0.464 e. The van der Waals surface area contributed by atoms with Gasteiger partial charge in [0.1, 0.15) is 28.9 Å². The summed E-state index contributed by atoms with van der Waals surface area (Å²) in [5.41, 5.74) is 0.829. The van der Waals surface area contributed by atoms with Crippen LogP contribution in [0.1, 0.15) is 30.2 Å². The van der Waals surface area contributed by atoms with Crippen molar-refractivity contribution in [3.05, 3.63) is 58.7 Å². The lowest BCUT2D eigenvalue weighted by atomic mass is 10.1. The van der Waals surface area contributed by atoms with Crippen molar-refractivity contribution in [3.8, 4) is 0 Å². The van der Waals surface area contributed by atoms with Gasteiger partial charge in [-0.25, -0.2) is 0 Å². The third-order valence-corrected chi connectivity index (χ3v) is 3.47. The summed E-state index contributed by atoms with van der Waals surface area (Å²) in [7, 11) is 0. The van der Waals surface area contributed by atoms with Crippen LogP contribution < -0.4 is 5.32 Å². The lowest BCUT2D eigenvalue weighted by Gasteiger charge is -2.12. The number of halogens is 1. The number of furan rings is 2. The molecule has 104 valence electrons. The molecular weight excluding hydrogens is 274 g/mol. The molecule has 3 nitrogen and oxygen atoms in total. The molecule has 0 spiro atoms. The van der Waals surface area contributed by atoms with Gasteiger partial charge in [-0.15, -0.1) is 0 Å². The molecule has 3 aromatic rings. The minimum atomic E-state index is -0.0834. The second-order valence-corrected chi connectivity index (χ2v) is 5.21. The first-order valence-corrected chi connectivity index (χ1v) is 7.04. The van der Waals surface area contributed by atoms with Crippen molar-refractivity contribution in [2.24, 2.45) is 0 Å². The molecule has 0 aliphatic carbocycles. The molecule has 2 aromatic heterocycles. The molecule has 1 N–H and O–H groups in total. The van der Waals surface area contributed by atoms with Crippen LogP contribution in [-0.4, -0.2) is 6.54 Å². The fraction of sp³-hybridized carbons (Fsp3) is 0.250. The van der Waals surface area contributed by atoms with E-state index in [1.807, 2.05) is 43.3 Å². The predicted octanol–water partition coefficient (Wildman–Crippen LogP) is 4.69. The standard InChI is InChI=1S/C16H16ClNO2/c1-3-18-16(14-6-4-10(2)19-14)15-9-11-8-12(17)5-7-13(11)20-15/h4-9,16,18H,3H2,1-2H3. The lowest BCUT2D eigenvalue weighted by molar-refractivity contribution is 0.394. The summed E-state index contributed by atoms with van der Waals surface area (Å²) >= 11 is 6.01. The van der Waals surface area contributed by atoms with E-state index in [0.717, 1.165) is 34.8 Å². The van der Waals surface area contributed by atoms with E-state index in [1.165, 1.54) is 0 Å². The number of fused-ring (bicyclic) bond motifs is 1. The van der Waals surface area contributed by atoms with Crippen molar-refractivity contribution in [1.29, 1.82) is 0 Å². The van der Waals surface area contributed by atoms with Gasteiger partial charge >= 0.3 is 0 Å². The summed E-state index contributed by atoms with van der Waals surface area (Å²) in [5, 5.41) is 5.09. The van der Waals surface area contributed by atoms with Gasteiger partial charge in [-0.3, -0.25) is 0 Å². The van der Waals surface area contributed by atoms with E-state index in [1.54, 1.807) is 0 Å². The Morgan fingerprint density at radius 3 is 2.65 bits per heavy atom. The van der Waals surface area contributed by atoms with Crippen LogP contribution in [0.4, 0.5) is 0 Å². The Morgan fingerprint density at radius 2 is 1.95 bits per heavy atom. The first-order chi connectivity index (χ1) is 9.67. The van der Waals surface area contributed by atoms with Crippen LogP contribution in [0.5, 0.6) is 0 Å². The summed E-state index contributed by atoms with van der Waals surface area (Å²) < 4.78 is 11.6. The molecule has 0 radical (unpaired) electrons. The number of nitrogens with one attached hydrogen (secondary N) is 1. The maximum absolute atomic E-state index is 6.01. The molecule has 2 heterocycles. The number of benzene rings is 1. The van der Waals surface area contributed by atoms with Crippen LogP contribution in [0.25, 0.3) is 11.0 Å². The molecule has 1 atom stereocenters. The fourth-order valence-electron chi connectivity index (χ4n) is 2.33. The van der Waals surface area contributed by atoms with Crippen molar-refractivity contribution in [2.45, 2.75) is 19.9 Å². The largest absolute Gasteiger partial charge is 0.464 e. The topological polar surface area (TPSA) is 38.3 Å². The molecule has 0 fully saturated rings. The zero-order valence-electron chi connectivity index (χ0n) is 11.4. The van der Waals surface area contributed by atoms with Gasteiger partial charge in [0.25, 0.3) is 0 Å². The van der Waals surface area contributed by atoms with Gasteiger partial charge in [-0.1, -0.05) is 18.5 Å². The van der Waals surface area contributed by atoms with Crippen molar-refractivity contribution in [1.82, 2.24) is 5.32 Å². The number of rotatable bonds is 4. The molecule has 3 rings (SSSR count). The highest BCUT2D eigenvalue weighted by molar-refractivity contribution is 6.31. The van der Waals surface area contributed by atoms with Gasteiger partial charge in [-0.2, -0.15) is 0 Å². The number of hydrogen-bond acceptors (Lipinski definition) is 3. The second kappa shape index (κ2) is 5.35. The van der Waals surface area contributed by atoms with Crippen LogP contribution in [-0.2, 0) is 0 Å². The Balaban J connectivity index is 2.04. The Hall–Kier alpha value is -1.71. The highest BCUT2D eigenvalue weighted by Crippen LogP contribution is 2.30. The Bertz CT molecular complexity index is 729. The predicted molar refractivity (Wildman–Crippen MR) is 80.2 cm³/mol. The van der Waals surface area contributed by atoms with E-state index in [2.05, 4.69) is 12.2 Å². The van der Waals surface area contributed by atoms with Crippen LogP contribution in [0.15, 0.2) is 45.2 Å². The van der Waals surface area contributed by atoms with Crippen molar-refractivity contribution >= 4 is 22.6 Å². The van der Waals surface area contributed by atoms with Crippen molar-refractivity contribution < 1.29 is 8.83 Å². The van der Waals surface area contributed by atoms with Crippen LogP contribution in [0.2, 0.25) is 5.02 Å². The SMILES string of the molecule is CCNC(c1ccc(C)o1)c1cc2cc(Cl)ccc2o1. The molecule has 20 heavy (non-hydrogen) atoms. The molecule has 1 unspecified atom stereocenters. The molecule has 0 bridgehead atoms. The third kappa shape index (κ3) is 2.47. The zero-order valence-corrected chi connectivity index (χ0v) is 12.2. The second-order valence-electron chi connectivity index (χ2n) is 4.77. The summed E-state index contributed by atoms with van der Waals surface area (Å²) in [5.74, 6) is 2.58. The first kappa shape index (κ1) is 13.3. The number of aryl methyl sites for hydroxylation is 1. The molecule has 0 amide bonds. The van der Waals surface area contributed by atoms with Gasteiger partial charge in [0.05, 0.1) is 0 Å². The Labute approximate surface area is 122 Å². The maximum Gasteiger partial charge on any atom is 0.134 e. The molecule has 0 saturated carbocycles. The van der Waals surface area contributed by atoms with Gasteiger partial charge in [0, 0.05) is 10.4 Å². The van der Waals surface area contributed by atoms with E-state index in [-0.39, 0.29) is 6.04 Å². The Kier molecular flexibility index (Phi) is 3.55. The third-order valence-electron chi connectivity index (χ3n) is 3.24. The number of hydrogen-bond donors (Lipinski definition) is 1. The highest BCUT2D eigenvalue weighted by Gasteiger charge is 2.20. The average Bonchev–Trinajstić information content (AvgIpc) is 3.01. The van der Waals surface area contributed by atoms with Crippen molar-refractivity contribution in [2.75, 3.05) is 6.54 Å². The van der Waals surface area contributed by atoms with E-state index >= 15 is 0 Å². The van der Waals surface area contributed by atoms with Crippen LogP contribution in [0, 0.1) is 6.92 Å². The maximum atomic E-state index is 6.01. The highest BCUT2D eigenvalue weighted by atomic mass is 35.5. The molecule has 0 aliphatic heterocycles. The summed E-state index contributed by atoms with van der Waals surface area (Å²) in [6, 6.07) is 11.5. The van der Waals surface area contributed by atoms with Crippen LogP contribution in [0.3, 0.4) is 0 Å². The van der Waals surface area contributed by atoms with Crippen LogP contribution >= 0.6 is 11.6 Å². The van der Waals surface area contributed by atoms with E-state index in [4.69, 9.17) is 20.4 Å². The van der Waals surface area contributed by atoms with Crippen molar-refractivity contribution in [3.63, 3.8) is 0 Å². The normalized spacial score (nSPS) is 12.9. The molecular formula is C16H16ClNO2. The van der Waals surface area contributed by atoms with Gasteiger partial charge in [0.15, 0.2) is 0 Å². The zero-order chi connectivity index (χ0) is 14.1. The quantitative estimate of drug-likeness (QED) is 0.757. The summed E-state index contributed by atoms with van der Waals surface area (Å²) in [4.78, 5) is 0. The fourth-order valence-corrected chi connectivity index (χ4v) is 2.51. The van der Waals surface area contributed by atoms with E-state index in [0.29, 0.717) is 5.02 Å². The lowest BCUT2D eigenvalue weighted by Crippen LogP contribution is -2.20.